The van der Waals surface area contributed by atoms with Gasteiger partial charge in [0.05, 0.1) is 0 Å². The zero-order valence-electron chi connectivity index (χ0n) is 8.33. The van der Waals surface area contributed by atoms with Crippen LogP contribution in [0.15, 0.2) is 30.5 Å². The Balaban J connectivity index is 2.48. The topological polar surface area (TPSA) is 4.93 Å². The highest BCUT2D eigenvalue weighted by molar-refractivity contribution is 14.1. The molecule has 0 aliphatic heterocycles. The second-order valence-corrected chi connectivity index (χ2v) is 4.52. The van der Waals surface area contributed by atoms with Gasteiger partial charge in [0.2, 0.25) is 0 Å². The number of aryl methyl sites for hydroxylation is 2. The average Bonchev–Trinajstić information content (AvgIpc) is 2.61. The van der Waals surface area contributed by atoms with Crippen molar-refractivity contribution in [1.82, 2.24) is 4.57 Å². The first-order valence-electron chi connectivity index (χ1n) is 4.99. The minimum atomic E-state index is 1.11. The molecule has 0 N–H and O–H groups in total. The molecule has 0 bridgehead atoms. The Labute approximate surface area is 98.3 Å². The number of benzene rings is 1. The van der Waals surface area contributed by atoms with Crippen molar-refractivity contribution in [2.45, 2.75) is 19.9 Å². The summed E-state index contributed by atoms with van der Waals surface area (Å²) in [7, 11) is 0. The van der Waals surface area contributed by atoms with Gasteiger partial charge in [-0.05, 0) is 35.6 Å². The van der Waals surface area contributed by atoms with E-state index in [2.05, 4.69) is 64.5 Å². The Kier molecular flexibility index (Phi) is 3.11. The molecule has 2 heteroatoms. The molecule has 0 fully saturated rings. The minimum Gasteiger partial charge on any atom is -0.347 e. The molecular weight excluding hydrogens is 285 g/mol. The molecule has 0 atom stereocenters. The van der Waals surface area contributed by atoms with Gasteiger partial charge in [-0.3, -0.25) is 0 Å². The summed E-state index contributed by atoms with van der Waals surface area (Å²) in [5.74, 6) is 0. The van der Waals surface area contributed by atoms with Gasteiger partial charge in [-0.25, -0.2) is 0 Å². The van der Waals surface area contributed by atoms with Gasteiger partial charge in [0.15, 0.2) is 0 Å². The number of rotatable bonds is 3. The monoisotopic (exact) mass is 299 g/mol. The number of alkyl halides is 1. The van der Waals surface area contributed by atoms with Crippen LogP contribution in [0.1, 0.15) is 12.5 Å². The molecule has 1 aromatic heterocycles. The second kappa shape index (κ2) is 4.34. The molecule has 74 valence electrons. The second-order valence-electron chi connectivity index (χ2n) is 3.44. The van der Waals surface area contributed by atoms with E-state index in [1.165, 1.54) is 16.5 Å². The zero-order chi connectivity index (χ0) is 9.97. The molecule has 0 aliphatic rings. The first-order valence-corrected chi connectivity index (χ1v) is 6.51. The number of halogens is 1. The van der Waals surface area contributed by atoms with E-state index >= 15 is 0 Å². The summed E-state index contributed by atoms with van der Waals surface area (Å²) < 4.78 is 3.48. The molecule has 1 heterocycles. The Morgan fingerprint density at radius 3 is 2.86 bits per heavy atom. The normalized spacial score (nSPS) is 11.0. The molecule has 0 saturated heterocycles. The third-order valence-electron chi connectivity index (χ3n) is 2.57. The van der Waals surface area contributed by atoms with Crippen LogP contribution in [0.25, 0.3) is 10.9 Å². The van der Waals surface area contributed by atoms with Gasteiger partial charge in [-0.15, -0.1) is 0 Å². The van der Waals surface area contributed by atoms with Crippen molar-refractivity contribution in [1.29, 1.82) is 0 Å². The standard InChI is InChI=1S/C12H14IN/c1-2-10-3-4-12-11(9-10)5-7-14(12)8-6-13/h3-5,7,9H,2,6,8H2,1H3. The molecule has 0 radical (unpaired) electrons. The Morgan fingerprint density at radius 1 is 1.29 bits per heavy atom. The molecule has 14 heavy (non-hydrogen) atoms. The van der Waals surface area contributed by atoms with Crippen LogP contribution in [0.2, 0.25) is 0 Å². The number of nitrogens with zero attached hydrogens (tertiary/aromatic N) is 1. The lowest BCUT2D eigenvalue weighted by Gasteiger charge is -2.02. The van der Waals surface area contributed by atoms with E-state index in [4.69, 9.17) is 0 Å². The van der Waals surface area contributed by atoms with Crippen molar-refractivity contribution in [2.24, 2.45) is 0 Å². The van der Waals surface area contributed by atoms with Crippen LogP contribution in [0.5, 0.6) is 0 Å². The van der Waals surface area contributed by atoms with Crippen LogP contribution in [0.3, 0.4) is 0 Å². The lowest BCUT2D eigenvalue weighted by molar-refractivity contribution is 0.817. The maximum absolute atomic E-state index is 2.41. The van der Waals surface area contributed by atoms with Crippen molar-refractivity contribution in [3.63, 3.8) is 0 Å². The SMILES string of the molecule is CCc1ccc2c(ccn2CCI)c1. The molecule has 0 saturated carbocycles. The minimum absolute atomic E-state index is 1.11. The van der Waals surface area contributed by atoms with E-state index in [0.717, 1.165) is 17.4 Å². The third-order valence-corrected chi connectivity index (χ3v) is 3.05. The highest BCUT2D eigenvalue weighted by atomic mass is 127. The predicted octanol–water partition coefficient (Wildman–Crippen LogP) is 3.64. The van der Waals surface area contributed by atoms with E-state index in [1.54, 1.807) is 0 Å². The molecule has 0 aliphatic carbocycles. The fourth-order valence-electron chi connectivity index (χ4n) is 1.76. The Bertz CT molecular complexity index is 431. The lowest BCUT2D eigenvalue weighted by Crippen LogP contribution is -1.95. The molecule has 2 rings (SSSR count). The molecule has 0 unspecified atom stereocenters. The summed E-state index contributed by atoms with van der Waals surface area (Å²) in [6.07, 6.45) is 3.30. The van der Waals surface area contributed by atoms with E-state index in [0.29, 0.717) is 0 Å². The van der Waals surface area contributed by atoms with Gasteiger partial charge in [0.1, 0.15) is 0 Å². The van der Waals surface area contributed by atoms with Crippen LogP contribution < -0.4 is 0 Å². The quantitative estimate of drug-likeness (QED) is 0.602. The molecule has 2 aromatic rings. The fraction of sp³-hybridized carbons (Fsp3) is 0.333. The first-order chi connectivity index (χ1) is 6.85. The predicted molar refractivity (Wildman–Crippen MR) is 70.2 cm³/mol. The summed E-state index contributed by atoms with van der Waals surface area (Å²) in [4.78, 5) is 0. The summed E-state index contributed by atoms with van der Waals surface area (Å²) >= 11 is 2.41. The molecule has 0 spiro atoms. The fourth-order valence-corrected chi connectivity index (χ4v) is 2.28. The summed E-state index contributed by atoms with van der Waals surface area (Å²) in [5, 5.41) is 1.37. The van der Waals surface area contributed by atoms with E-state index in [-0.39, 0.29) is 0 Å². The van der Waals surface area contributed by atoms with Crippen LogP contribution in [0.4, 0.5) is 0 Å². The molecule has 1 nitrogen and oxygen atoms in total. The summed E-state index contributed by atoms with van der Waals surface area (Å²) in [5.41, 5.74) is 2.78. The van der Waals surface area contributed by atoms with Crippen molar-refractivity contribution in [3.8, 4) is 0 Å². The number of hydrogen-bond donors (Lipinski definition) is 0. The van der Waals surface area contributed by atoms with Crippen LogP contribution >= 0.6 is 22.6 Å². The van der Waals surface area contributed by atoms with Gasteiger partial charge in [0.25, 0.3) is 0 Å². The van der Waals surface area contributed by atoms with Crippen LogP contribution in [0, 0.1) is 0 Å². The Hall–Kier alpha value is -0.510. The van der Waals surface area contributed by atoms with Crippen molar-refractivity contribution in [3.05, 3.63) is 36.0 Å². The van der Waals surface area contributed by atoms with Gasteiger partial charge in [-0.1, -0.05) is 35.6 Å². The molecule has 0 amide bonds. The van der Waals surface area contributed by atoms with Crippen LogP contribution in [-0.2, 0) is 13.0 Å². The highest BCUT2D eigenvalue weighted by Gasteiger charge is 2.00. The lowest BCUT2D eigenvalue weighted by atomic mass is 10.1. The van der Waals surface area contributed by atoms with Crippen molar-refractivity contribution < 1.29 is 0 Å². The van der Waals surface area contributed by atoms with Crippen LogP contribution in [-0.4, -0.2) is 8.99 Å². The van der Waals surface area contributed by atoms with Gasteiger partial charge in [-0.2, -0.15) is 0 Å². The highest BCUT2D eigenvalue weighted by Crippen LogP contribution is 2.18. The maximum Gasteiger partial charge on any atom is 0.0480 e. The van der Waals surface area contributed by atoms with Gasteiger partial charge in [0, 0.05) is 22.7 Å². The van der Waals surface area contributed by atoms with Gasteiger partial charge < -0.3 is 4.57 Å². The largest absolute Gasteiger partial charge is 0.347 e. The number of hydrogen-bond acceptors (Lipinski definition) is 0. The Morgan fingerprint density at radius 2 is 2.14 bits per heavy atom. The maximum atomic E-state index is 2.41. The van der Waals surface area contributed by atoms with Gasteiger partial charge >= 0.3 is 0 Å². The average molecular weight is 299 g/mol. The summed E-state index contributed by atoms with van der Waals surface area (Å²) in [6.45, 7) is 3.30. The zero-order valence-corrected chi connectivity index (χ0v) is 10.5. The molecular formula is C12H14IN. The third kappa shape index (κ3) is 1.80. The molecule has 1 aromatic carbocycles. The smallest absolute Gasteiger partial charge is 0.0480 e. The first kappa shape index (κ1) is 10.0. The van der Waals surface area contributed by atoms with Crippen molar-refractivity contribution >= 4 is 33.5 Å². The van der Waals surface area contributed by atoms with E-state index in [9.17, 15) is 0 Å². The summed E-state index contributed by atoms with van der Waals surface area (Å²) in [6, 6.07) is 8.96. The van der Waals surface area contributed by atoms with E-state index < -0.39 is 0 Å². The van der Waals surface area contributed by atoms with E-state index in [1.807, 2.05) is 0 Å². The number of aromatic nitrogens is 1. The number of fused-ring (bicyclic) bond motifs is 1. The van der Waals surface area contributed by atoms with Crippen molar-refractivity contribution in [2.75, 3.05) is 4.43 Å².